The summed E-state index contributed by atoms with van der Waals surface area (Å²) in [7, 11) is 0. The van der Waals surface area contributed by atoms with Gasteiger partial charge in [0.25, 0.3) is 0 Å². The Labute approximate surface area is 121 Å². The number of nitrogens with zero attached hydrogens (tertiary/aromatic N) is 2. The molecule has 0 amide bonds. The molecule has 0 N–H and O–H groups in total. The third kappa shape index (κ3) is 2.36. The molecule has 2 aliphatic rings. The Bertz CT molecular complexity index is 547. The third-order valence-corrected chi connectivity index (χ3v) is 4.46. The van der Waals surface area contributed by atoms with Gasteiger partial charge in [0.15, 0.2) is 0 Å². The second-order valence-corrected chi connectivity index (χ2v) is 5.64. The zero-order valence-electron chi connectivity index (χ0n) is 12.0. The van der Waals surface area contributed by atoms with Gasteiger partial charge in [0.1, 0.15) is 0 Å². The maximum Gasteiger partial charge on any atom is 0.0664 e. The molecule has 0 aromatic heterocycles. The summed E-state index contributed by atoms with van der Waals surface area (Å²) < 4.78 is 0. The molecule has 1 aliphatic heterocycles. The lowest BCUT2D eigenvalue weighted by Gasteiger charge is -2.34. The van der Waals surface area contributed by atoms with Crippen LogP contribution in [-0.2, 0) is 19.3 Å². The standard InChI is InChI=1S/C18H22N2/c1-3-11-20(12-4-2)15-7-5-14-6-8-18-16(9-10-19-18)17(14)13-15/h3-4,6,8,10,15H,1-2,5,7,9,11-13H2. The maximum absolute atomic E-state index is 4.48. The topological polar surface area (TPSA) is 15.6 Å². The number of fused-ring (bicyclic) bond motifs is 3. The molecule has 1 unspecified atom stereocenters. The van der Waals surface area contributed by atoms with Gasteiger partial charge in [-0.25, -0.2) is 0 Å². The molecular weight excluding hydrogens is 244 g/mol. The first-order valence-electron chi connectivity index (χ1n) is 7.45. The van der Waals surface area contributed by atoms with Crippen LogP contribution >= 0.6 is 0 Å². The fourth-order valence-corrected chi connectivity index (χ4v) is 3.48. The fourth-order valence-electron chi connectivity index (χ4n) is 3.48. The van der Waals surface area contributed by atoms with Crippen LogP contribution in [0.15, 0.2) is 42.4 Å². The second-order valence-electron chi connectivity index (χ2n) is 5.64. The largest absolute Gasteiger partial charge is 0.293 e. The molecule has 0 radical (unpaired) electrons. The van der Waals surface area contributed by atoms with Crippen molar-refractivity contribution >= 4 is 11.9 Å². The van der Waals surface area contributed by atoms with Crippen molar-refractivity contribution in [3.63, 3.8) is 0 Å². The summed E-state index contributed by atoms with van der Waals surface area (Å²) in [6, 6.07) is 5.06. The number of hydrogen-bond acceptors (Lipinski definition) is 2. The predicted molar refractivity (Wildman–Crippen MR) is 86.1 cm³/mol. The first-order valence-corrected chi connectivity index (χ1v) is 7.45. The van der Waals surface area contributed by atoms with Crippen molar-refractivity contribution in [3.8, 4) is 0 Å². The summed E-state index contributed by atoms with van der Waals surface area (Å²) in [4.78, 5) is 6.96. The Morgan fingerprint density at radius 2 is 2.00 bits per heavy atom. The molecule has 1 atom stereocenters. The highest BCUT2D eigenvalue weighted by molar-refractivity contribution is 5.77. The summed E-state index contributed by atoms with van der Waals surface area (Å²) in [5, 5.41) is 0. The normalized spacial score (nSPS) is 19.8. The maximum atomic E-state index is 4.48. The lowest BCUT2D eigenvalue weighted by molar-refractivity contribution is 0.219. The minimum atomic E-state index is 0.602. The van der Waals surface area contributed by atoms with E-state index < -0.39 is 0 Å². The Kier molecular flexibility index (Phi) is 3.83. The molecular formula is C18H22N2. The molecule has 104 valence electrons. The first-order chi connectivity index (χ1) is 9.83. The van der Waals surface area contributed by atoms with Crippen LogP contribution in [0.25, 0.3) is 0 Å². The number of benzene rings is 1. The van der Waals surface area contributed by atoms with Gasteiger partial charge < -0.3 is 0 Å². The molecule has 1 aliphatic carbocycles. The molecule has 0 bridgehead atoms. The van der Waals surface area contributed by atoms with E-state index in [0.29, 0.717) is 6.04 Å². The van der Waals surface area contributed by atoms with Crippen LogP contribution in [0.5, 0.6) is 0 Å². The molecule has 1 heterocycles. The highest BCUT2D eigenvalue weighted by Gasteiger charge is 2.26. The average Bonchev–Trinajstić information content (AvgIpc) is 2.95. The fraction of sp³-hybridized carbons (Fsp3) is 0.389. The number of rotatable bonds is 5. The van der Waals surface area contributed by atoms with Crippen LogP contribution in [0, 0.1) is 0 Å². The van der Waals surface area contributed by atoms with E-state index in [9.17, 15) is 0 Å². The van der Waals surface area contributed by atoms with Crippen molar-refractivity contribution in [2.24, 2.45) is 4.99 Å². The molecule has 20 heavy (non-hydrogen) atoms. The number of aryl methyl sites for hydroxylation is 1. The van der Waals surface area contributed by atoms with Crippen molar-refractivity contribution in [2.45, 2.75) is 31.7 Å². The summed E-state index contributed by atoms with van der Waals surface area (Å²) in [6.45, 7) is 9.65. The van der Waals surface area contributed by atoms with Crippen molar-refractivity contribution in [3.05, 3.63) is 54.1 Å². The predicted octanol–water partition coefficient (Wildman–Crippen LogP) is 3.48. The van der Waals surface area contributed by atoms with Gasteiger partial charge >= 0.3 is 0 Å². The van der Waals surface area contributed by atoms with Gasteiger partial charge in [-0.15, -0.1) is 13.2 Å². The van der Waals surface area contributed by atoms with Crippen molar-refractivity contribution in [2.75, 3.05) is 13.1 Å². The van der Waals surface area contributed by atoms with Gasteiger partial charge in [-0.1, -0.05) is 18.2 Å². The van der Waals surface area contributed by atoms with Gasteiger partial charge in [-0.05, 0) is 42.0 Å². The zero-order valence-corrected chi connectivity index (χ0v) is 12.0. The molecule has 0 saturated heterocycles. The van der Waals surface area contributed by atoms with Crippen molar-refractivity contribution in [1.29, 1.82) is 0 Å². The average molecular weight is 266 g/mol. The first kappa shape index (κ1) is 13.3. The molecule has 2 nitrogen and oxygen atoms in total. The van der Waals surface area contributed by atoms with Crippen molar-refractivity contribution < 1.29 is 0 Å². The summed E-state index contributed by atoms with van der Waals surface area (Å²) >= 11 is 0. The minimum Gasteiger partial charge on any atom is -0.293 e. The van der Waals surface area contributed by atoms with E-state index in [1.54, 1.807) is 5.56 Å². The lowest BCUT2D eigenvalue weighted by Crippen LogP contribution is -2.39. The van der Waals surface area contributed by atoms with Gasteiger partial charge in [-0.3, -0.25) is 9.89 Å². The molecule has 0 saturated carbocycles. The molecule has 1 aromatic carbocycles. The Hall–Kier alpha value is -1.67. The highest BCUT2D eigenvalue weighted by Crippen LogP contribution is 2.35. The van der Waals surface area contributed by atoms with E-state index in [1.807, 2.05) is 18.4 Å². The van der Waals surface area contributed by atoms with Crippen molar-refractivity contribution in [1.82, 2.24) is 4.90 Å². The summed E-state index contributed by atoms with van der Waals surface area (Å²) in [6.07, 6.45) is 10.6. The van der Waals surface area contributed by atoms with E-state index in [4.69, 9.17) is 0 Å². The zero-order chi connectivity index (χ0) is 13.9. The SMILES string of the molecule is C=CCN(CC=C)C1CCc2ccc3c(c2C1)CC=N3. The van der Waals surface area contributed by atoms with Crippen LogP contribution in [0.2, 0.25) is 0 Å². The minimum absolute atomic E-state index is 0.602. The Morgan fingerprint density at radius 3 is 2.75 bits per heavy atom. The van der Waals surface area contributed by atoms with Gasteiger partial charge in [-0.2, -0.15) is 0 Å². The molecule has 0 spiro atoms. The Morgan fingerprint density at radius 1 is 1.20 bits per heavy atom. The third-order valence-electron chi connectivity index (χ3n) is 4.46. The van der Waals surface area contributed by atoms with Crippen LogP contribution in [-0.4, -0.2) is 30.2 Å². The molecule has 2 heteroatoms. The van der Waals surface area contributed by atoms with Crippen LogP contribution in [0.4, 0.5) is 5.69 Å². The quantitative estimate of drug-likeness (QED) is 0.745. The second kappa shape index (κ2) is 5.76. The van der Waals surface area contributed by atoms with E-state index in [2.05, 4.69) is 35.2 Å². The van der Waals surface area contributed by atoms with E-state index in [-0.39, 0.29) is 0 Å². The van der Waals surface area contributed by atoms with Gasteiger partial charge in [0.2, 0.25) is 0 Å². The summed E-state index contributed by atoms with van der Waals surface area (Å²) in [5.41, 5.74) is 5.73. The van der Waals surface area contributed by atoms with Gasteiger partial charge in [0.05, 0.1) is 5.69 Å². The van der Waals surface area contributed by atoms with Gasteiger partial charge in [0, 0.05) is 31.8 Å². The number of aliphatic imine (C=N–C) groups is 1. The smallest absolute Gasteiger partial charge is 0.0664 e. The highest BCUT2D eigenvalue weighted by atomic mass is 15.1. The van der Waals surface area contributed by atoms with E-state index in [0.717, 1.165) is 25.9 Å². The van der Waals surface area contributed by atoms with Crippen LogP contribution < -0.4 is 0 Å². The molecule has 3 rings (SSSR count). The summed E-state index contributed by atoms with van der Waals surface area (Å²) in [5.74, 6) is 0. The van der Waals surface area contributed by atoms with E-state index >= 15 is 0 Å². The lowest BCUT2D eigenvalue weighted by atomic mass is 9.83. The van der Waals surface area contributed by atoms with Crippen LogP contribution in [0.1, 0.15) is 23.1 Å². The Balaban J connectivity index is 1.85. The number of hydrogen-bond donors (Lipinski definition) is 0. The van der Waals surface area contributed by atoms with E-state index in [1.165, 1.54) is 29.7 Å². The molecule has 0 fully saturated rings. The van der Waals surface area contributed by atoms with Crippen LogP contribution in [0.3, 0.4) is 0 Å². The monoisotopic (exact) mass is 266 g/mol. The molecule has 1 aromatic rings.